The summed E-state index contributed by atoms with van der Waals surface area (Å²) in [6, 6.07) is 7.11. The molecule has 1 fully saturated rings. The fraction of sp³-hybridized carbons (Fsp3) is 0.450. The number of hydrogen-bond donors (Lipinski definition) is 1. The summed E-state index contributed by atoms with van der Waals surface area (Å²) in [5.74, 6) is 1.58. The van der Waals surface area contributed by atoms with Crippen LogP contribution in [-0.4, -0.2) is 35.7 Å². The predicted octanol–water partition coefficient (Wildman–Crippen LogP) is 1.98. The van der Waals surface area contributed by atoms with E-state index < -0.39 is 0 Å². The molecule has 6 heteroatoms. The second-order valence-electron chi connectivity index (χ2n) is 7.15. The van der Waals surface area contributed by atoms with Crippen molar-refractivity contribution in [3.8, 4) is 0 Å². The summed E-state index contributed by atoms with van der Waals surface area (Å²) in [7, 11) is 1.57. The van der Waals surface area contributed by atoms with Gasteiger partial charge in [-0.3, -0.25) is 14.2 Å². The number of hydrogen-bond acceptors (Lipinski definition) is 4. The normalized spacial score (nSPS) is 23.7. The zero-order chi connectivity index (χ0) is 18.1. The van der Waals surface area contributed by atoms with Gasteiger partial charge in [-0.05, 0) is 42.7 Å². The van der Waals surface area contributed by atoms with Gasteiger partial charge in [0.1, 0.15) is 0 Å². The summed E-state index contributed by atoms with van der Waals surface area (Å²) in [6.45, 7) is 1.27. The Labute approximate surface area is 151 Å². The number of nitrogens with one attached hydrogen (secondary N) is 1. The monoisotopic (exact) mass is 353 g/mol. The summed E-state index contributed by atoms with van der Waals surface area (Å²) in [5.41, 5.74) is 0.333. The van der Waals surface area contributed by atoms with Crippen molar-refractivity contribution in [2.45, 2.75) is 19.4 Å². The smallest absolute Gasteiger partial charge is 0.287 e. The molecule has 0 saturated heterocycles. The van der Waals surface area contributed by atoms with Crippen LogP contribution in [0, 0.1) is 17.8 Å². The molecule has 136 valence electrons. The standard InChI is InChI=1S/C20H23N3O3/c1-26-9-8-23-18(22-17-5-3-2-4-16(17)20(23)25)19(24)21-12-15-11-13-6-7-14(15)10-13/h2-7,13-15H,8-12H2,1H3,(H,21,24)/t13-,14+,15+/m1/s1. The molecule has 0 radical (unpaired) electrons. The molecule has 1 heterocycles. The number of benzene rings is 1. The number of fused-ring (bicyclic) bond motifs is 3. The molecular formula is C20H23N3O3. The van der Waals surface area contributed by atoms with Crippen LogP contribution in [0.2, 0.25) is 0 Å². The van der Waals surface area contributed by atoms with Crippen LogP contribution in [0.25, 0.3) is 10.9 Å². The van der Waals surface area contributed by atoms with Gasteiger partial charge in [0, 0.05) is 13.7 Å². The number of nitrogens with zero attached hydrogens (tertiary/aromatic N) is 2. The number of methoxy groups -OCH3 is 1. The number of carbonyl (C=O) groups is 1. The minimum atomic E-state index is -0.296. The lowest BCUT2D eigenvalue weighted by Gasteiger charge is -2.19. The molecule has 1 aromatic carbocycles. The van der Waals surface area contributed by atoms with Gasteiger partial charge in [-0.15, -0.1) is 0 Å². The van der Waals surface area contributed by atoms with Gasteiger partial charge < -0.3 is 10.1 Å². The first-order chi connectivity index (χ1) is 12.7. The van der Waals surface area contributed by atoms with Gasteiger partial charge in [-0.2, -0.15) is 0 Å². The molecule has 1 aromatic heterocycles. The average molecular weight is 353 g/mol. The molecule has 26 heavy (non-hydrogen) atoms. The van der Waals surface area contributed by atoms with E-state index in [0.717, 1.165) is 6.42 Å². The molecule has 6 nitrogen and oxygen atoms in total. The van der Waals surface area contributed by atoms with Crippen LogP contribution in [-0.2, 0) is 11.3 Å². The molecular weight excluding hydrogens is 330 g/mol. The largest absolute Gasteiger partial charge is 0.383 e. The van der Waals surface area contributed by atoms with Crippen molar-refractivity contribution in [3.05, 3.63) is 52.6 Å². The summed E-state index contributed by atoms with van der Waals surface area (Å²) < 4.78 is 6.51. The van der Waals surface area contributed by atoms with Gasteiger partial charge in [0.2, 0.25) is 5.82 Å². The maximum atomic E-state index is 12.8. The van der Waals surface area contributed by atoms with Crippen molar-refractivity contribution >= 4 is 16.8 Å². The fourth-order valence-corrected chi connectivity index (χ4v) is 4.16. The van der Waals surface area contributed by atoms with Crippen LogP contribution in [0.1, 0.15) is 23.5 Å². The van der Waals surface area contributed by atoms with Gasteiger partial charge in [0.25, 0.3) is 11.5 Å². The molecule has 0 spiro atoms. The number of amides is 1. The quantitative estimate of drug-likeness (QED) is 0.806. The number of ether oxygens (including phenoxy) is 1. The Hall–Kier alpha value is -2.47. The maximum absolute atomic E-state index is 12.8. The second-order valence-corrected chi connectivity index (χ2v) is 7.15. The highest BCUT2D eigenvalue weighted by molar-refractivity contribution is 5.93. The molecule has 1 N–H and O–H groups in total. The van der Waals surface area contributed by atoms with Gasteiger partial charge in [0.15, 0.2) is 0 Å². The third kappa shape index (κ3) is 3.05. The highest BCUT2D eigenvalue weighted by Gasteiger charge is 2.35. The summed E-state index contributed by atoms with van der Waals surface area (Å²) in [4.78, 5) is 30.1. The van der Waals surface area contributed by atoms with Gasteiger partial charge in [0.05, 0.1) is 24.1 Å². The molecule has 4 rings (SSSR count). The molecule has 0 unspecified atom stereocenters. The van der Waals surface area contributed by atoms with Crippen LogP contribution in [0.3, 0.4) is 0 Å². The van der Waals surface area contributed by atoms with E-state index in [4.69, 9.17) is 4.74 Å². The highest BCUT2D eigenvalue weighted by Crippen LogP contribution is 2.42. The highest BCUT2D eigenvalue weighted by atomic mass is 16.5. The minimum Gasteiger partial charge on any atom is -0.383 e. The molecule has 2 aliphatic carbocycles. The summed E-state index contributed by atoms with van der Waals surface area (Å²) >= 11 is 0. The number of carbonyl (C=O) groups excluding carboxylic acids is 1. The van der Waals surface area contributed by atoms with Crippen LogP contribution < -0.4 is 10.9 Å². The van der Waals surface area contributed by atoms with Crippen molar-refractivity contribution in [2.24, 2.45) is 17.8 Å². The zero-order valence-electron chi connectivity index (χ0n) is 14.9. The van der Waals surface area contributed by atoms with E-state index in [2.05, 4.69) is 22.5 Å². The van der Waals surface area contributed by atoms with E-state index in [-0.39, 0.29) is 17.3 Å². The third-order valence-corrected chi connectivity index (χ3v) is 5.52. The molecule has 3 atom stereocenters. The Morgan fingerprint density at radius 3 is 2.88 bits per heavy atom. The first kappa shape index (κ1) is 17.0. The first-order valence-electron chi connectivity index (χ1n) is 9.12. The maximum Gasteiger partial charge on any atom is 0.287 e. The topological polar surface area (TPSA) is 73.2 Å². The molecule has 2 aliphatic rings. The fourth-order valence-electron chi connectivity index (χ4n) is 4.16. The molecule has 1 saturated carbocycles. The number of para-hydroxylation sites is 1. The Morgan fingerprint density at radius 1 is 1.31 bits per heavy atom. The van der Waals surface area contributed by atoms with E-state index in [1.165, 1.54) is 11.0 Å². The Balaban J connectivity index is 1.60. The van der Waals surface area contributed by atoms with Crippen molar-refractivity contribution in [1.29, 1.82) is 0 Å². The lowest BCUT2D eigenvalue weighted by Crippen LogP contribution is -2.37. The Kier molecular flexibility index (Phi) is 4.59. The van der Waals surface area contributed by atoms with E-state index >= 15 is 0 Å². The molecule has 2 bridgehead atoms. The SMILES string of the molecule is COCCn1c(C(=O)NC[C@@H]2C[C@@H]3C=C[C@H]2C3)nc2ccccc2c1=O. The van der Waals surface area contributed by atoms with E-state index in [1.54, 1.807) is 25.3 Å². The number of rotatable bonds is 6. The predicted molar refractivity (Wildman–Crippen MR) is 99.1 cm³/mol. The van der Waals surface area contributed by atoms with Crippen LogP contribution in [0.4, 0.5) is 0 Å². The van der Waals surface area contributed by atoms with Gasteiger partial charge in [-0.25, -0.2) is 4.98 Å². The first-order valence-corrected chi connectivity index (χ1v) is 9.12. The van der Waals surface area contributed by atoms with Crippen LogP contribution in [0.15, 0.2) is 41.2 Å². The van der Waals surface area contributed by atoms with Crippen molar-refractivity contribution in [1.82, 2.24) is 14.9 Å². The van der Waals surface area contributed by atoms with Crippen molar-refractivity contribution < 1.29 is 9.53 Å². The average Bonchev–Trinajstić information content (AvgIpc) is 3.28. The van der Waals surface area contributed by atoms with Crippen molar-refractivity contribution in [2.75, 3.05) is 20.3 Å². The summed E-state index contributed by atoms with van der Waals surface area (Å²) in [5, 5.41) is 3.51. The molecule has 0 aliphatic heterocycles. The van der Waals surface area contributed by atoms with Gasteiger partial charge in [-0.1, -0.05) is 24.3 Å². The van der Waals surface area contributed by atoms with E-state index in [0.29, 0.717) is 48.4 Å². The summed E-state index contributed by atoms with van der Waals surface area (Å²) in [6.07, 6.45) is 6.89. The van der Waals surface area contributed by atoms with Gasteiger partial charge >= 0.3 is 0 Å². The van der Waals surface area contributed by atoms with Crippen LogP contribution in [0.5, 0.6) is 0 Å². The molecule has 1 amide bonds. The Morgan fingerprint density at radius 2 is 2.15 bits per heavy atom. The van der Waals surface area contributed by atoms with E-state index in [1.807, 2.05) is 6.07 Å². The third-order valence-electron chi connectivity index (χ3n) is 5.52. The lowest BCUT2D eigenvalue weighted by molar-refractivity contribution is 0.0925. The number of allylic oxidation sites excluding steroid dienone is 2. The Bertz CT molecular complexity index is 918. The molecule has 2 aromatic rings. The minimum absolute atomic E-state index is 0.157. The van der Waals surface area contributed by atoms with Crippen LogP contribution >= 0.6 is 0 Å². The zero-order valence-corrected chi connectivity index (χ0v) is 14.9. The number of aromatic nitrogens is 2. The second kappa shape index (κ2) is 7.03. The lowest BCUT2D eigenvalue weighted by atomic mass is 9.94. The van der Waals surface area contributed by atoms with E-state index in [9.17, 15) is 9.59 Å². The van der Waals surface area contributed by atoms with Crippen molar-refractivity contribution in [3.63, 3.8) is 0 Å².